The molecular weight excluding hydrogens is 270 g/mol. The molecule has 0 saturated carbocycles. The molecule has 1 atom stereocenters. The van der Waals surface area contributed by atoms with Crippen LogP contribution in [0.4, 0.5) is 5.69 Å². The van der Waals surface area contributed by atoms with E-state index >= 15 is 0 Å². The molecule has 19 heavy (non-hydrogen) atoms. The smallest absolute Gasteiger partial charge is 0.273 e. The van der Waals surface area contributed by atoms with Crippen LogP contribution >= 0.6 is 0 Å². The maximum Gasteiger partial charge on any atom is 0.273 e. The van der Waals surface area contributed by atoms with Crippen molar-refractivity contribution in [2.75, 3.05) is 13.1 Å². The fourth-order valence-electron chi connectivity index (χ4n) is 2.00. The van der Waals surface area contributed by atoms with E-state index in [1.807, 2.05) is 0 Å². The van der Waals surface area contributed by atoms with Gasteiger partial charge in [0.15, 0.2) is 0 Å². The number of hydrogen-bond acceptors (Lipinski definition) is 5. The van der Waals surface area contributed by atoms with E-state index < -0.39 is 14.9 Å². The summed E-state index contributed by atoms with van der Waals surface area (Å²) < 4.78 is 26.8. The molecule has 104 valence electrons. The fourth-order valence-corrected chi connectivity index (χ4v) is 3.29. The van der Waals surface area contributed by atoms with Crippen LogP contribution < -0.4 is 10.0 Å². The zero-order valence-electron chi connectivity index (χ0n) is 10.4. The van der Waals surface area contributed by atoms with E-state index in [1.165, 1.54) is 12.1 Å². The zero-order valence-corrected chi connectivity index (χ0v) is 11.2. The molecule has 2 rings (SSSR count). The van der Waals surface area contributed by atoms with Crippen LogP contribution in [0, 0.1) is 17.0 Å². The Balaban J connectivity index is 2.29. The lowest BCUT2D eigenvalue weighted by Crippen LogP contribution is -2.36. The topological polar surface area (TPSA) is 101 Å². The first kappa shape index (κ1) is 13.9. The summed E-state index contributed by atoms with van der Waals surface area (Å²) in [6, 6.07) is 3.76. The third-order valence-corrected chi connectivity index (χ3v) is 4.59. The van der Waals surface area contributed by atoms with Gasteiger partial charge in [0.2, 0.25) is 10.0 Å². The first-order valence-electron chi connectivity index (χ1n) is 5.88. The molecule has 1 aromatic carbocycles. The summed E-state index contributed by atoms with van der Waals surface area (Å²) in [5.41, 5.74) is 0.249. The zero-order chi connectivity index (χ0) is 14.0. The standard InChI is InChI=1S/C11H15N3O4S/c1-8-2-3-10(6-11(8)14(15)16)19(17,18)13-9-4-5-12-7-9/h2-3,6,9,12-13H,4-5,7H2,1H3. The van der Waals surface area contributed by atoms with E-state index in [0.29, 0.717) is 18.5 Å². The number of sulfonamides is 1. The van der Waals surface area contributed by atoms with E-state index in [1.54, 1.807) is 6.92 Å². The average Bonchev–Trinajstić information content (AvgIpc) is 2.80. The Morgan fingerprint density at radius 3 is 2.79 bits per heavy atom. The molecule has 0 spiro atoms. The van der Waals surface area contributed by atoms with E-state index in [-0.39, 0.29) is 16.6 Å². The van der Waals surface area contributed by atoms with Crippen LogP contribution in [0.2, 0.25) is 0 Å². The molecular formula is C11H15N3O4S. The molecule has 1 fully saturated rings. The van der Waals surface area contributed by atoms with Crippen LogP contribution in [-0.2, 0) is 10.0 Å². The van der Waals surface area contributed by atoms with Crippen LogP contribution in [-0.4, -0.2) is 32.5 Å². The van der Waals surface area contributed by atoms with Gasteiger partial charge in [-0.25, -0.2) is 13.1 Å². The first-order valence-corrected chi connectivity index (χ1v) is 7.36. The number of nitrogens with one attached hydrogen (secondary N) is 2. The summed E-state index contributed by atoms with van der Waals surface area (Å²) in [7, 11) is -3.71. The van der Waals surface area contributed by atoms with Gasteiger partial charge in [-0.15, -0.1) is 0 Å². The van der Waals surface area contributed by atoms with Crippen LogP contribution in [0.1, 0.15) is 12.0 Å². The van der Waals surface area contributed by atoms with Crippen LogP contribution in [0.15, 0.2) is 23.1 Å². The molecule has 0 radical (unpaired) electrons. The largest absolute Gasteiger partial charge is 0.315 e. The molecule has 1 unspecified atom stereocenters. The maximum atomic E-state index is 12.1. The second kappa shape index (κ2) is 5.24. The lowest BCUT2D eigenvalue weighted by atomic mass is 10.2. The van der Waals surface area contributed by atoms with Gasteiger partial charge in [0.25, 0.3) is 5.69 Å². The van der Waals surface area contributed by atoms with Crippen molar-refractivity contribution < 1.29 is 13.3 Å². The minimum atomic E-state index is -3.71. The highest BCUT2D eigenvalue weighted by molar-refractivity contribution is 7.89. The maximum absolute atomic E-state index is 12.1. The van der Waals surface area contributed by atoms with Gasteiger partial charge in [-0.3, -0.25) is 10.1 Å². The number of rotatable bonds is 4. The Morgan fingerprint density at radius 1 is 1.47 bits per heavy atom. The molecule has 0 amide bonds. The van der Waals surface area contributed by atoms with E-state index in [2.05, 4.69) is 10.0 Å². The molecule has 1 aliphatic heterocycles. The third-order valence-electron chi connectivity index (χ3n) is 3.07. The number of nitro groups is 1. The fraction of sp³-hybridized carbons (Fsp3) is 0.455. The van der Waals surface area contributed by atoms with Gasteiger partial charge in [0, 0.05) is 24.2 Å². The van der Waals surface area contributed by atoms with Crippen molar-refractivity contribution in [3.63, 3.8) is 0 Å². The minimum absolute atomic E-state index is 0.0725. The first-order chi connectivity index (χ1) is 8.90. The highest BCUT2D eigenvalue weighted by Crippen LogP contribution is 2.22. The highest BCUT2D eigenvalue weighted by Gasteiger charge is 2.24. The SMILES string of the molecule is Cc1ccc(S(=O)(=O)NC2CCNC2)cc1[N+](=O)[O-]. The Bertz CT molecular complexity index is 594. The summed E-state index contributed by atoms with van der Waals surface area (Å²) in [6.07, 6.45) is 0.715. The van der Waals surface area contributed by atoms with Gasteiger partial charge in [0.1, 0.15) is 0 Å². The summed E-state index contributed by atoms with van der Waals surface area (Å²) in [4.78, 5) is 10.2. The number of nitrogens with zero attached hydrogens (tertiary/aromatic N) is 1. The quantitative estimate of drug-likeness (QED) is 0.621. The molecule has 0 bridgehead atoms. The molecule has 1 aromatic rings. The average molecular weight is 285 g/mol. The van der Waals surface area contributed by atoms with Gasteiger partial charge in [-0.2, -0.15) is 0 Å². The van der Waals surface area contributed by atoms with Crippen molar-refractivity contribution in [2.45, 2.75) is 24.3 Å². The molecule has 1 saturated heterocycles. The number of benzene rings is 1. The molecule has 1 aliphatic rings. The van der Waals surface area contributed by atoms with Crippen molar-refractivity contribution >= 4 is 15.7 Å². The van der Waals surface area contributed by atoms with Crippen molar-refractivity contribution in [1.29, 1.82) is 0 Å². The summed E-state index contributed by atoms with van der Waals surface area (Å²) in [5, 5.41) is 13.9. The second-order valence-electron chi connectivity index (χ2n) is 4.52. The van der Waals surface area contributed by atoms with E-state index in [0.717, 1.165) is 12.6 Å². The normalized spacial score (nSPS) is 19.5. The predicted molar refractivity (Wildman–Crippen MR) is 69.4 cm³/mol. The summed E-state index contributed by atoms with van der Waals surface area (Å²) in [6.45, 7) is 2.91. The summed E-state index contributed by atoms with van der Waals surface area (Å²) in [5.74, 6) is 0. The van der Waals surface area contributed by atoms with Crippen molar-refractivity contribution in [3.05, 3.63) is 33.9 Å². The predicted octanol–water partition coefficient (Wildman–Crippen LogP) is 0.543. The molecule has 8 heteroatoms. The van der Waals surface area contributed by atoms with Crippen molar-refractivity contribution in [1.82, 2.24) is 10.0 Å². The lowest BCUT2D eigenvalue weighted by molar-refractivity contribution is -0.385. The Kier molecular flexibility index (Phi) is 3.83. The van der Waals surface area contributed by atoms with Crippen LogP contribution in [0.25, 0.3) is 0 Å². The Labute approximate surface area is 111 Å². The molecule has 0 aromatic heterocycles. The monoisotopic (exact) mass is 285 g/mol. The highest BCUT2D eigenvalue weighted by atomic mass is 32.2. The summed E-state index contributed by atoms with van der Waals surface area (Å²) >= 11 is 0. The third kappa shape index (κ3) is 3.09. The van der Waals surface area contributed by atoms with Gasteiger partial charge in [0.05, 0.1) is 9.82 Å². The van der Waals surface area contributed by atoms with Gasteiger partial charge >= 0.3 is 0 Å². The van der Waals surface area contributed by atoms with Gasteiger partial charge in [-0.1, -0.05) is 6.07 Å². The van der Waals surface area contributed by atoms with Gasteiger partial charge in [-0.05, 0) is 26.0 Å². The van der Waals surface area contributed by atoms with Crippen molar-refractivity contribution in [3.8, 4) is 0 Å². The Morgan fingerprint density at radius 2 is 2.21 bits per heavy atom. The molecule has 7 nitrogen and oxygen atoms in total. The van der Waals surface area contributed by atoms with Crippen LogP contribution in [0.5, 0.6) is 0 Å². The van der Waals surface area contributed by atoms with Gasteiger partial charge < -0.3 is 5.32 Å². The Hall–Kier alpha value is -1.51. The van der Waals surface area contributed by atoms with E-state index in [4.69, 9.17) is 0 Å². The molecule has 1 heterocycles. The number of aryl methyl sites for hydroxylation is 1. The van der Waals surface area contributed by atoms with Crippen LogP contribution in [0.3, 0.4) is 0 Å². The van der Waals surface area contributed by atoms with E-state index in [9.17, 15) is 18.5 Å². The number of nitro benzene ring substituents is 1. The lowest BCUT2D eigenvalue weighted by Gasteiger charge is -2.12. The molecule has 2 N–H and O–H groups in total. The number of hydrogen-bond donors (Lipinski definition) is 2. The molecule has 0 aliphatic carbocycles. The van der Waals surface area contributed by atoms with Crippen molar-refractivity contribution in [2.24, 2.45) is 0 Å². The second-order valence-corrected chi connectivity index (χ2v) is 6.23. The minimum Gasteiger partial charge on any atom is -0.315 e.